The summed E-state index contributed by atoms with van der Waals surface area (Å²) in [6.07, 6.45) is 0. The molecule has 0 bridgehead atoms. The second-order valence-electron chi connectivity index (χ2n) is 13.9. The molecule has 0 saturated carbocycles. The Kier molecular flexibility index (Phi) is 6.85. The fourth-order valence-electron chi connectivity index (χ4n) is 8.43. The third kappa shape index (κ3) is 4.76. The first kappa shape index (κ1) is 30.9. The summed E-state index contributed by atoms with van der Waals surface area (Å²) in [5.74, 6) is 1.71. The predicted octanol–water partition coefficient (Wildman–Crippen LogP) is 12.4. The lowest BCUT2D eigenvalue weighted by molar-refractivity contribution is 0.954. The number of rotatable bonds is 5. The molecule has 0 fully saturated rings. The number of hydrogen-bond donors (Lipinski definition) is 0. The van der Waals surface area contributed by atoms with Gasteiger partial charge in [-0.15, -0.1) is 0 Å². The Morgan fingerprint density at radius 1 is 0.382 bits per heavy atom. The molecule has 0 atom stereocenters. The number of fused-ring (bicyclic) bond motifs is 2. The molecular formula is C50H29N5. The molecule has 0 aliphatic rings. The van der Waals surface area contributed by atoms with Gasteiger partial charge in [-0.05, 0) is 67.4 Å². The van der Waals surface area contributed by atoms with Gasteiger partial charge in [-0.3, -0.25) is 4.57 Å². The van der Waals surface area contributed by atoms with Gasteiger partial charge in [0.2, 0.25) is 5.95 Å². The minimum atomic E-state index is 0.522. The molecule has 11 aromatic rings. The van der Waals surface area contributed by atoms with E-state index in [4.69, 9.17) is 15.0 Å². The van der Waals surface area contributed by atoms with Crippen molar-refractivity contribution in [2.45, 2.75) is 0 Å². The lowest BCUT2D eigenvalue weighted by atomic mass is 9.88. The molecule has 254 valence electrons. The molecule has 0 amide bonds. The molecular weight excluding hydrogens is 671 g/mol. The van der Waals surface area contributed by atoms with Gasteiger partial charge in [0.1, 0.15) is 0 Å². The SMILES string of the molecule is N#Cc1ccc2c3c1ccc1c(-c4ccc(-c5cccc6ccccc56)c5ccccc45)ccc(c13)n2-c1nc(-c2ccccc2)nc(-c2ccccc2)n1. The van der Waals surface area contributed by atoms with Crippen molar-refractivity contribution in [3.63, 3.8) is 0 Å². The third-order valence-corrected chi connectivity index (χ3v) is 10.9. The Morgan fingerprint density at radius 2 is 0.873 bits per heavy atom. The van der Waals surface area contributed by atoms with Crippen LogP contribution < -0.4 is 0 Å². The van der Waals surface area contributed by atoms with Crippen LogP contribution in [0.5, 0.6) is 0 Å². The van der Waals surface area contributed by atoms with Crippen LogP contribution in [0.1, 0.15) is 5.56 Å². The van der Waals surface area contributed by atoms with Gasteiger partial charge in [0.15, 0.2) is 11.6 Å². The maximum Gasteiger partial charge on any atom is 0.238 e. The molecule has 5 heteroatoms. The van der Waals surface area contributed by atoms with E-state index in [0.717, 1.165) is 54.8 Å². The highest BCUT2D eigenvalue weighted by Gasteiger charge is 2.24. The number of aromatic nitrogens is 4. The first-order valence-corrected chi connectivity index (χ1v) is 18.3. The van der Waals surface area contributed by atoms with Crippen LogP contribution in [-0.2, 0) is 0 Å². The Bertz CT molecular complexity index is 3260. The zero-order valence-corrected chi connectivity index (χ0v) is 29.5. The van der Waals surface area contributed by atoms with Crippen LogP contribution in [0.4, 0.5) is 0 Å². The highest BCUT2D eigenvalue weighted by molar-refractivity contribution is 6.28. The van der Waals surface area contributed by atoms with Crippen LogP contribution in [0.3, 0.4) is 0 Å². The van der Waals surface area contributed by atoms with Crippen LogP contribution >= 0.6 is 0 Å². The summed E-state index contributed by atoms with van der Waals surface area (Å²) < 4.78 is 2.14. The van der Waals surface area contributed by atoms with E-state index in [1.807, 2.05) is 72.8 Å². The maximum absolute atomic E-state index is 10.3. The monoisotopic (exact) mass is 699 g/mol. The van der Waals surface area contributed by atoms with Crippen LogP contribution in [0.15, 0.2) is 176 Å². The Labute approximate surface area is 316 Å². The lowest BCUT2D eigenvalue weighted by Gasteiger charge is -2.16. The first-order chi connectivity index (χ1) is 27.2. The Morgan fingerprint density at radius 3 is 1.53 bits per heavy atom. The van der Waals surface area contributed by atoms with Crippen molar-refractivity contribution in [2.24, 2.45) is 0 Å². The van der Waals surface area contributed by atoms with Gasteiger partial charge in [0.05, 0.1) is 22.7 Å². The molecule has 0 aliphatic carbocycles. The fraction of sp³-hybridized carbons (Fsp3) is 0. The second-order valence-corrected chi connectivity index (χ2v) is 13.9. The second kappa shape index (κ2) is 12.2. The molecule has 11 rings (SSSR count). The lowest BCUT2D eigenvalue weighted by Crippen LogP contribution is -2.06. The van der Waals surface area contributed by atoms with Crippen LogP contribution in [0.25, 0.3) is 105 Å². The minimum absolute atomic E-state index is 0.522. The van der Waals surface area contributed by atoms with Crippen molar-refractivity contribution in [1.82, 2.24) is 19.5 Å². The normalized spacial score (nSPS) is 11.6. The van der Waals surface area contributed by atoms with E-state index >= 15 is 0 Å². The summed E-state index contributed by atoms with van der Waals surface area (Å²) in [5.41, 5.74) is 9.06. The molecule has 9 aromatic carbocycles. The van der Waals surface area contributed by atoms with Gasteiger partial charge >= 0.3 is 0 Å². The number of benzene rings is 9. The molecule has 0 radical (unpaired) electrons. The minimum Gasteiger partial charge on any atom is -0.278 e. The van der Waals surface area contributed by atoms with E-state index in [2.05, 4.69) is 114 Å². The summed E-state index contributed by atoms with van der Waals surface area (Å²) in [7, 11) is 0. The third-order valence-electron chi connectivity index (χ3n) is 10.9. The fourth-order valence-corrected chi connectivity index (χ4v) is 8.43. The average molecular weight is 700 g/mol. The zero-order valence-electron chi connectivity index (χ0n) is 29.5. The van der Waals surface area contributed by atoms with E-state index in [1.54, 1.807) is 0 Å². The van der Waals surface area contributed by atoms with E-state index in [-0.39, 0.29) is 0 Å². The Balaban J connectivity index is 1.19. The van der Waals surface area contributed by atoms with Gasteiger partial charge in [-0.25, -0.2) is 4.98 Å². The summed E-state index contributed by atoms with van der Waals surface area (Å²) in [6.45, 7) is 0. The van der Waals surface area contributed by atoms with Gasteiger partial charge in [-0.2, -0.15) is 15.2 Å². The highest BCUT2D eigenvalue weighted by atomic mass is 15.2. The predicted molar refractivity (Wildman–Crippen MR) is 224 cm³/mol. The summed E-state index contributed by atoms with van der Waals surface area (Å²) in [5, 5.41) is 19.2. The molecule has 55 heavy (non-hydrogen) atoms. The van der Waals surface area contributed by atoms with Crippen LogP contribution in [0, 0.1) is 11.3 Å². The largest absolute Gasteiger partial charge is 0.278 e. The molecule has 0 unspecified atom stereocenters. The van der Waals surface area contributed by atoms with E-state index in [9.17, 15) is 5.26 Å². The molecule has 0 saturated heterocycles. The molecule has 0 spiro atoms. The number of nitriles is 1. The van der Waals surface area contributed by atoms with Gasteiger partial charge < -0.3 is 0 Å². The molecule has 2 heterocycles. The van der Waals surface area contributed by atoms with Crippen molar-refractivity contribution in [3.8, 4) is 57.0 Å². The van der Waals surface area contributed by atoms with E-state index in [1.165, 1.54) is 32.7 Å². The topological polar surface area (TPSA) is 67.4 Å². The van der Waals surface area contributed by atoms with Gasteiger partial charge in [0, 0.05) is 27.3 Å². The standard InChI is InChI=1S/C50H29N5/c51-30-34-22-28-44-46-36(34)23-26-43-42(41-25-24-40(38-19-9-10-20-39(38)41)37-21-11-17-31-12-7-8-18-35(31)37)27-29-45(47(43)46)55(44)50-53-48(32-13-3-1-4-14-32)52-49(54-50)33-15-5-2-6-16-33/h1-29H. The van der Waals surface area contributed by atoms with E-state index < -0.39 is 0 Å². The first-order valence-electron chi connectivity index (χ1n) is 18.3. The van der Waals surface area contributed by atoms with Crippen molar-refractivity contribution in [1.29, 1.82) is 5.26 Å². The molecule has 0 N–H and O–H groups in total. The van der Waals surface area contributed by atoms with Crippen molar-refractivity contribution in [2.75, 3.05) is 0 Å². The van der Waals surface area contributed by atoms with Gasteiger partial charge in [0.25, 0.3) is 0 Å². The van der Waals surface area contributed by atoms with Crippen molar-refractivity contribution >= 4 is 54.1 Å². The molecule has 2 aromatic heterocycles. The number of hydrogen-bond acceptors (Lipinski definition) is 4. The van der Waals surface area contributed by atoms with Crippen LogP contribution in [0.2, 0.25) is 0 Å². The quantitative estimate of drug-likeness (QED) is 0.168. The number of nitrogens with zero attached hydrogens (tertiary/aromatic N) is 5. The highest BCUT2D eigenvalue weighted by Crippen LogP contribution is 2.45. The average Bonchev–Trinajstić information content (AvgIpc) is 3.61. The maximum atomic E-state index is 10.3. The zero-order chi connectivity index (χ0) is 36.5. The van der Waals surface area contributed by atoms with Gasteiger partial charge in [-0.1, -0.05) is 158 Å². The van der Waals surface area contributed by atoms with E-state index in [0.29, 0.717) is 23.2 Å². The summed E-state index contributed by atoms with van der Waals surface area (Å²) in [6, 6.07) is 63.5. The summed E-state index contributed by atoms with van der Waals surface area (Å²) >= 11 is 0. The molecule has 0 aliphatic heterocycles. The van der Waals surface area contributed by atoms with Crippen molar-refractivity contribution in [3.05, 3.63) is 181 Å². The van der Waals surface area contributed by atoms with Crippen LogP contribution in [-0.4, -0.2) is 19.5 Å². The van der Waals surface area contributed by atoms with Crippen molar-refractivity contribution < 1.29 is 0 Å². The smallest absolute Gasteiger partial charge is 0.238 e. The molecule has 5 nitrogen and oxygen atoms in total. The summed E-state index contributed by atoms with van der Waals surface area (Å²) in [4.78, 5) is 15.2. The Hall–Kier alpha value is -7.68.